The number of fused-ring (bicyclic) bond motifs is 1. The van der Waals surface area contributed by atoms with Crippen LogP contribution in [0.4, 0.5) is 0 Å². The normalized spacial score (nSPS) is 11.4. The van der Waals surface area contributed by atoms with Crippen molar-refractivity contribution < 1.29 is 0 Å². The van der Waals surface area contributed by atoms with E-state index in [1.807, 2.05) is 37.7 Å². The highest BCUT2D eigenvalue weighted by Gasteiger charge is 2.12. The Bertz CT molecular complexity index is 522. The lowest BCUT2D eigenvalue weighted by Crippen LogP contribution is -2.23. The van der Waals surface area contributed by atoms with E-state index >= 15 is 0 Å². The van der Waals surface area contributed by atoms with Crippen molar-refractivity contribution in [2.45, 2.75) is 19.9 Å². The second-order valence-corrected chi connectivity index (χ2v) is 3.64. The van der Waals surface area contributed by atoms with Crippen molar-refractivity contribution in [3.63, 3.8) is 0 Å². The van der Waals surface area contributed by atoms with Gasteiger partial charge >= 0.3 is 0 Å². The van der Waals surface area contributed by atoms with E-state index in [1.54, 1.807) is 10.9 Å². The van der Waals surface area contributed by atoms with Crippen molar-refractivity contribution in [1.82, 2.24) is 14.3 Å². The Labute approximate surface area is 81.8 Å². The monoisotopic (exact) mass is 191 g/mol. The first-order valence-electron chi connectivity index (χ1n) is 4.65. The van der Waals surface area contributed by atoms with E-state index in [1.165, 1.54) is 0 Å². The molecule has 0 bridgehead atoms. The summed E-state index contributed by atoms with van der Waals surface area (Å²) >= 11 is 0. The predicted molar refractivity (Wildman–Crippen MR) is 55.4 cm³/mol. The van der Waals surface area contributed by atoms with Crippen LogP contribution in [0, 0.1) is 0 Å². The minimum absolute atomic E-state index is 0.0156. The summed E-state index contributed by atoms with van der Waals surface area (Å²) in [6, 6.07) is 3.90. The van der Waals surface area contributed by atoms with Gasteiger partial charge in [-0.15, -0.1) is 0 Å². The van der Waals surface area contributed by atoms with E-state index in [9.17, 15) is 4.79 Å². The van der Waals surface area contributed by atoms with Crippen molar-refractivity contribution in [3.05, 3.63) is 28.7 Å². The number of rotatable bonds is 1. The van der Waals surface area contributed by atoms with Gasteiger partial charge in [-0.2, -0.15) is 0 Å². The van der Waals surface area contributed by atoms with E-state index in [-0.39, 0.29) is 11.6 Å². The first-order chi connectivity index (χ1) is 6.63. The molecule has 2 aromatic rings. The molecule has 0 spiro atoms. The SMILES string of the molecule is CC(C)n1c(=O)c2ncccc2n1C. The molecule has 0 radical (unpaired) electrons. The van der Waals surface area contributed by atoms with E-state index in [2.05, 4.69) is 4.98 Å². The maximum Gasteiger partial charge on any atom is 0.293 e. The zero-order chi connectivity index (χ0) is 10.3. The van der Waals surface area contributed by atoms with Crippen LogP contribution in [0.5, 0.6) is 0 Å². The molecule has 0 N–H and O–H groups in total. The third-order valence-electron chi connectivity index (χ3n) is 2.36. The molecule has 0 saturated heterocycles. The molecule has 2 rings (SSSR count). The Balaban J connectivity index is 2.93. The first-order valence-corrected chi connectivity index (χ1v) is 4.65. The quantitative estimate of drug-likeness (QED) is 0.682. The van der Waals surface area contributed by atoms with Crippen LogP contribution in [0.1, 0.15) is 19.9 Å². The van der Waals surface area contributed by atoms with Crippen LogP contribution in [0.2, 0.25) is 0 Å². The highest BCUT2D eigenvalue weighted by atomic mass is 16.1. The van der Waals surface area contributed by atoms with Crippen molar-refractivity contribution in [2.75, 3.05) is 0 Å². The average molecular weight is 191 g/mol. The second kappa shape index (κ2) is 2.97. The number of aromatic nitrogens is 3. The molecule has 2 aromatic heterocycles. The summed E-state index contributed by atoms with van der Waals surface area (Å²) in [5.41, 5.74) is 1.41. The Kier molecular flexibility index (Phi) is 1.91. The Morgan fingerprint density at radius 3 is 2.71 bits per heavy atom. The Hall–Kier alpha value is -1.58. The van der Waals surface area contributed by atoms with Crippen molar-refractivity contribution >= 4 is 11.0 Å². The lowest BCUT2D eigenvalue weighted by Gasteiger charge is -2.10. The summed E-state index contributed by atoms with van der Waals surface area (Å²) < 4.78 is 3.56. The summed E-state index contributed by atoms with van der Waals surface area (Å²) in [5.74, 6) is 0. The Morgan fingerprint density at radius 1 is 1.43 bits per heavy atom. The lowest BCUT2D eigenvalue weighted by atomic mass is 10.4. The minimum atomic E-state index is -0.0156. The molecule has 0 fully saturated rings. The van der Waals surface area contributed by atoms with Crippen LogP contribution >= 0.6 is 0 Å². The van der Waals surface area contributed by atoms with Crippen LogP contribution < -0.4 is 5.56 Å². The smallest absolute Gasteiger partial charge is 0.283 e. The largest absolute Gasteiger partial charge is 0.293 e. The summed E-state index contributed by atoms with van der Waals surface area (Å²) in [6.45, 7) is 3.97. The topological polar surface area (TPSA) is 39.8 Å². The van der Waals surface area contributed by atoms with Gasteiger partial charge in [-0.1, -0.05) is 0 Å². The first kappa shape index (κ1) is 8.99. The van der Waals surface area contributed by atoms with Crippen LogP contribution in [0.25, 0.3) is 11.0 Å². The number of aryl methyl sites for hydroxylation is 1. The third-order valence-corrected chi connectivity index (χ3v) is 2.36. The van der Waals surface area contributed by atoms with E-state index in [4.69, 9.17) is 0 Å². The summed E-state index contributed by atoms with van der Waals surface area (Å²) in [6.07, 6.45) is 1.65. The molecule has 74 valence electrons. The fourth-order valence-corrected chi connectivity index (χ4v) is 1.76. The zero-order valence-electron chi connectivity index (χ0n) is 8.56. The minimum Gasteiger partial charge on any atom is -0.283 e. The van der Waals surface area contributed by atoms with Gasteiger partial charge in [-0.25, -0.2) is 9.67 Å². The molecule has 2 heterocycles. The van der Waals surface area contributed by atoms with Crippen LogP contribution in [0.15, 0.2) is 23.1 Å². The van der Waals surface area contributed by atoms with Gasteiger partial charge in [0.05, 0.1) is 5.52 Å². The number of hydrogen-bond donors (Lipinski definition) is 0. The lowest BCUT2D eigenvalue weighted by molar-refractivity contribution is 0.447. The molecule has 4 nitrogen and oxygen atoms in total. The fraction of sp³-hybridized carbons (Fsp3) is 0.400. The van der Waals surface area contributed by atoms with Gasteiger partial charge in [-0.3, -0.25) is 9.48 Å². The predicted octanol–water partition coefficient (Wildman–Crippen LogP) is 1.32. The Morgan fingerprint density at radius 2 is 2.14 bits per heavy atom. The van der Waals surface area contributed by atoms with Gasteiger partial charge in [-0.05, 0) is 26.0 Å². The maximum atomic E-state index is 11.9. The molecule has 4 heteroatoms. The molecular weight excluding hydrogens is 178 g/mol. The number of hydrogen-bond acceptors (Lipinski definition) is 2. The molecule has 0 amide bonds. The van der Waals surface area contributed by atoms with Gasteiger partial charge in [0, 0.05) is 19.3 Å². The molecule has 0 aromatic carbocycles. The van der Waals surface area contributed by atoms with Crippen molar-refractivity contribution in [1.29, 1.82) is 0 Å². The van der Waals surface area contributed by atoms with Crippen LogP contribution in [0.3, 0.4) is 0 Å². The molecule has 0 saturated carbocycles. The zero-order valence-corrected chi connectivity index (χ0v) is 8.56. The molecule has 0 aliphatic heterocycles. The van der Waals surface area contributed by atoms with Gasteiger partial charge in [0.25, 0.3) is 5.56 Å². The van der Waals surface area contributed by atoms with Crippen molar-refractivity contribution in [2.24, 2.45) is 7.05 Å². The maximum absolute atomic E-state index is 11.9. The summed E-state index contributed by atoms with van der Waals surface area (Å²) in [4.78, 5) is 16.0. The fourth-order valence-electron chi connectivity index (χ4n) is 1.76. The molecular formula is C10H13N3O. The van der Waals surface area contributed by atoms with Crippen molar-refractivity contribution in [3.8, 4) is 0 Å². The second-order valence-electron chi connectivity index (χ2n) is 3.64. The van der Waals surface area contributed by atoms with Gasteiger partial charge in [0.15, 0.2) is 5.52 Å². The van der Waals surface area contributed by atoms with Gasteiger partial charge < -0.3 is 0 Å². The third kappa shape index (κ3) is 1.07. The molecule has 0 aliphatic rings. The average Bonchev–Trinajstić information content (AvgIpc) is 2.41. The summed E-state index contributed by atoms with van der Waals surface area (Å²) in [5, 5.41) is 0. The van der Waals surface area contributed by atoms with Crippen LogP contribution in [-0.4, -0.2) is 14.3 Å². The molecule has 0 unspecified atom stereocenters. The van der Waals surface area contributed by atoms with Crippen LogP contribution in [-0.2, 0) is 7.05 Å². The summed E-state index contributed by atoms with van der Waals surface area (Å²) in [7, 11) is 1.88. The number of pyridine rings is 1. The molecule has 0 atom stereocenters. The standard InChI is InChI=1S/C10H13N3O/c1-7(2)13-10(14)9-8(12(13)3)5-4-6-11-9/h4-7H,1-3H3. The highest BCUT2D eigenvalue weighted by molar-refractivity contribution is 5.73. The molecule has 0 aliphatic carbocycles. The highest BCUT2D eigenvalue weighted by Crippen LogP contribution is 2.09. The number of nitrogens with zero attached hydrogens (tertiary/aromatic N) is 3. The van der Waals surface area contributed by atoms with Gasteiger partial charge in [0.2, 0.25) is 0 Å². The van der Waals surface area contributed by atoms with Gasteiger partial charge in [0.1, 0.15) is 0 Å². The molecule has 14 heavy (non-hydrogen) atoms. The van der Waals surface area contributed by atoms with E-state index in [0.717, 1.165) is 5.52 Å². The van der Waals surface area contributed by atoms with E-state index in [0.29, 0.717) is 5.52 Å². The van der Waals surface area contributed by atoms with E-state index < -0.39 is 0 Å².